The van der Waals surface area contributed by atoms with Gasteiger partial charge in [-0.25, -0.2) is 9.69 Å². The molecular formula is C8H11BO4. The van der Waals surface area contributed by atoms with E-state index in [1.807, 2.05) is 6.07 Å². The molecule has 0 atom stereocenters. The van der Waals surface area contributed by atoms with E-state index in [4.69, 9.17) is 0 Å². The van der Waals surface area contributed by atoms with E-state index >= 15 is 0 Å². The van der Waals surface area contributed by atoms with Gasteiger partial charge in [-0.3, -0.25) is 0 Å². The van der Waals surface area contributed by atoms with E-state index in [2.05, 4.69) is 14.7 Å². The lowest BCUT2D eigenvalue weighted by Gasteiger charge is -2.04. The Kier molecular flexibility index (Phi) is 4.49. The van der Waals surface area contributed by atoms with Gasteiger partial charge in [0.05, 0.1) is 6.61 Å². The molecule has 0 spiro atoms. The van der Waals surface area contributed by atoms with E-state index in [1.54, 1.807) is 31.2 Å². The molecule has 4 nitrogen and oxygen atoms in total. The molecule has 0 unspecified atom stereocenters. The Balaban J connectivity index is 2.35. The lowest BCUT2D eigenvalue weighted by atomic mass is 9.80. The summed E-state index contributed by atoms with van der Waals surface area (Å²) in [4.78, 5) is 8.95. The largest absolute Gasteiger partial charge is 0.527 e. The Hall–Kier alpha value is -0.875. The smallest absolute Gasteiger partial charge is 0.421 e. The van der Waals surface area contributed by atoms with Crippen molar-refractivity contribution in [2.75, 3.05) is 6.61 Å². The molecule has 1 N–H and O–H groups in total. The normalized spacial score (nSPS) is 10.0. The molecule has 0 bridgehead atoms. The van der Waals surface area contributed by atoms with Gasteiger partial charge >= 0.3 is 7.12 Å². The number of benzene rings is 1. The van der Waals surface area contributed by atoms with E-state index in [-0.39, 0.29) is 0 Å². The molecule has 0 saturated heterocycles. The van der Waals surface area contributed by atoms with Crippen LogP contribution in [0, 0.1) is 0 Å². The highest BCUT2D eigenvalue weighted by molar-refractivity contribution is 6.59. The maximum atomic E-state index is 9.32. The van der Waals surface area contributed by atoms with Crippen molar-refractivity contribution in [2.24, 2.45) is 0 Å². The van der Waals surface area contributed by atoms with E-state index < -0.39 is 7.12 Å². The second-order valence-electron chi connectivity index (χ2n) is 2.33. The molecular weight excluding hydrogens is 171 g/mol. The fourth-order valence-electron chi connectivity index (χ4n) is 0.786. The van der Waals surface area contributed by atoms with E-state index in [9.17, 15) is 5.02 Å². The van der Waals surface area contributed by atoms with Crippen molar-refractivity contribution >= 4 is 12.6 Å². The topological polar surface area (TPSA) is 47.9 Å². The summed E-state index contributed by atoms with van der Waals surface area (Å²) < 4.78 is 0. The molecule has 1 aromatic carbocycles. The summed E-state index contributed by atoms with van der Waals surface area (Å²) >= 11 is 0. The van der Waals surface area contributed by atoms with Crippen LogP contribution in [0.25, 0.3) is 0 Å². The third-order valence-electron chi connectivity index (χ3n) is 1.38. The summed E-state index contributed by atoms with van der Waals surface area (Å²) in [5.74, 6) is 0. The quantitative estimate of drug-likeness (QED) is 0.307. The van der Waals surface area contributed by atoms with Crippen LogP contribution in [-0.4, -0.2) is 18.7 Å². The van der Waals surface area contributed by atoms with Gasteiger partial charge in [0, 0.05) is 0 Å². The van der Waals surface area contributed by atoms with Crippen LogP contribution in [-0.2, 0) is 14.7 Å². The Labute approximate surface area is 77.0 Å². The van der Waals surface area contributed by atoms with Crippen molar-refractivity contribution in [2.45, 2.75) is 6.92 Å². The van der Waals surface area contributed by atoms with Crippen molar-refractivity contribution in [1.29, 1.82) is 0 Å². The predicted octanol–water partition coefficient (Wildman–Crippen LogP) is 0.274. The highest BCUT2D eigenvalue weighted by Crippen LogP contribution is 1.89. The van der Waals surface area contributed by atoms with Gasteiger partial charge < -0.3 is 5.02 Å². The molecule has 0 aliphatic heterocycles. The van der Waals surface area contributed by atoms with Gasteiger partial charge in [0.15, 0.2) is 0 Å². The highest BCUT2D eigenvalue weighted by Gasteiger charge is 2.17. The zero-order chi connectivity index (χ0) is 9.52. The zero-order valence-electron chi connectivity index (χ0n) is 7.34. The van der Waals surface area contributed by atoms with Crippen molar-refractivity contribution < 1.29 is 19.8 Å². The SMILES string of the molecule is CCOOOB(O)c1ccccc1. The number of hydrogen-bond donors (Lipinski definition) is 1. The van der Waals surface area contributed by atoms with Crippen molar-refractivity contribution in [3.63, 3.8) is 0 Å². The van der Waals surface area contributed by atoms with Crippen LogP contribution in [0.15, 0.2) is 30.3 Å². The first-order valence-electron chi connectivity index (χ1n) is 4.02. The fraction of sp³-hybridized carbons (Fsp3) is 0.250. The molecule has 0 saturated carbocycles. The molecule has 70 valence electrons. The lowest BCUT2D eigenvalue weighted by Crippen LogP contribution is -2.33. The summed E-state index contributed by atoms with van der Waals surface area (Å²) in [5, 5.41) is 13.6. The average Bonchev–Trinajstić information content (AvgIpc) is 2.19. The second kappa shape index (κ2) is 5.72. The fourth-order valence-corrected chi connectivity index (χ4v) is 0.786. The molecule has 0 aliphatic rings. The lowest BCUT2D eigenvalue weighted by molar-refractivity contribution is -0.472. The Morgan fingerprint density at radius 3 is 2.62 bits per heavy atom. The standard InChI is InChI=1S/C8H11BO4/c1-2-11-13-12-9(10)8-6-4-3-5-7-8/h3-7,10H,2H2,1H3. The van der Waals surface area contributed by atoms with Crippen molar-refractivity contribution in [1.82, 2.24) is 0 Å². The molecule has 0 amide bonds. The van der Waals surface area contributed by atoms with Gasteiger partial charge in [-0.1, -0.05) is 35.4 Å². The van der Waals surface area contributed by atoms with Gasteiger partial charge in [-0.2, -0.15) is 0 Å². The maximum absolute atomic E-state index is 9.32. The van der Waals surface area contributed by atoms with Crippen LogP contribution < -0.4 is 5.46 Å². The van der Waals surface area contributed by atoms with Crippen LogP contribution in [0.4, 0.5) is 0 Å². The third kappa shape index (κ3) is 3.56. The first-order chi connectivity index (χ1) is 6.34. The maximum Gasteiger partial charge on any atom is 0.527 e. The second-order valence-corrected chi connectivity index (χ2v) is 2.33. The van der Waals surface area contributed by atoms with Crippen LogP contribution >= 0.6 is 0 Å². The molecule has 0 heterocycles. The van der Waals surface area contributed by atoms with Crippen LogP contribution in [0.2, 0.25) is 0 Å². The molecule has 0 fully saturated rings. The van der Waals surface area contributed by atoms with Crippen molar-refractivity contribution in [3.8, 4) is 0 Å². The predicted molar refractivity (Wildman–Crippen MR) is 47.8 cm³/mol. The molecule has 13 heavy (non-hydrogen) atoms. The summed E-state index contributed by atoms with van der Waals surface area (Å²) in [6, 6.07) is 8.88. The van der Waals surface area contributed by atoms with Gasteiger partial charge in [-0.15, -0.1) is 0 Å². The summed E-state index contributed by atoms with van der Waals surface area (Å²) in [5.41, 5.74) is 0.613. The van der Waals surface area contributed by atoms with Crippen LogP contribution in [0.3, 0.4) is 0 Å². The minimum absolute atomic E-state index is 0.363. The molecule has 1 rings (SSSR count). The molecule has 0 aliphatic carbocycles. The molecule has 0 aromatic heterocycles. The monoisotopic (exact) mass is 182 g/mol. The Morgan fingerprint density at radius 1 is 1.31 bits per heavy atom. The number of hydrogen-bond acceptors (Lipinski definition) is 4. The minimum atomic E-state index is -1.12. The Bertz CT molecular complexity index is 229. The van der Waals surface area contributed by atoms with Crippen LogP contribution in [0.5, 0.6) is 0 Å². The third-order valence-corrected chi connectivity index (χ3v) is 1.38. The Morgan fingerprint density at radius 2 is 2.00 bits per heavy atom. The summed E-state index contributed by atoms with van der Waals surface area (Å²) in [6.07, 6.45) is 0. The molecule has 0 radical (unpaired) electrons. The van der Waals surface area contributed by atoms with E-state index in [0.717, 1.165) is 0 Å². The zero-order valence-corrected chi connectivity index (χ0v) is 7.34. The van der Waals surface area contributed by atoms with Crippen molar-refractivity contribution in [3.05, 3.63) is 30.3 Å². The molecule has 5 heteroatoms. The average molecular weight is 182 g/mol. The minimum Gasteiger partial charge on any atom is -0.421 e. The number of rotatable bonds is 5. The summed E-state index contributed by atoms with van der Waals surface area (Å²) in [7, 11) is -1.12. The van der Waals surface area contributed by atoms with Gasteiger partial charge in [0.1, 0.15) is 0 Å². The highest BCUT2D eigenvalue weighted by atomic mass is 17.5. The molecule has 1 aromatic rings. The summed E-state index contributed by atoms with van der Waals surface area (Å²) in [6.45, 7) is 2.11. The van der Waals surface area contributed by atoms with Gasteiger partial charge in [-0.05, 0) is 12.4 Å². The van der Waals surface area contributed by atoms with Gasteiger partial charge in [0.25, 0.3) is 0 Å². The first kappa shape index (κ1) is 10.2. The van der Waals surface area contributed by atoms with Crippen LogP contribution in [0.1, 0.15) is 6.92 Å². The van der Waals surface area contributed by atoms with E-state index in [0.29, 0.717) is 12.1 Å². The van der Waals surface area contributed by atoms with Gasteiger partial charge in [0.2, 0.25) is 0 Å². The van der Waals surface area contributed by atoms with E-state index in [1.165, 1.54) is 0 Å². The first-order valence-corrected chi connectivity index (χ1v) is 4.02.